The van der Waals surface area contributed by atoms with Crippen molar-refractivity contribution in [2.75, 3.05) is 20.1 Å². The first-order valence-corrected chi connectivity index (χ1v) is 3.65. The lowest BCUT2D eigenvalue weighted by Gasteiger charge is -2.14. The van der Waals surface area contributed by atoms with Crippen molar-refractivity contribution in [3.8, 4) is 0 Å². The lowest BCUT2D eigenvalue weighted by Crippen LogP contribution is -2.26. The van der Waals surface area contributed by atoms with Gasteiger partial charge < -0.3 is 10.0 Å². The number of rotatable bonds is 0. The van der Waals surface area contributed by atoms with Crippen LogP contribution in [0.5, 0.6) is 0 Å². The first-order valence-electron chi connectivity index (χ1n) is 3.65. The molecule has 2 nitrogen and oxygen atoms in total. The van der Waals surface area contributed by atoms with Gasteiger partial charge in [-0.15, -0.1) is 0 Å². The van der Waals surface area contributed by atoms with Crippen molar-refractivity contribution in [3.05, 3.63) is 0 Å². The van der Waals surface area contributed by atoms with Crippen LogP contribution in [-0.2, 0) is 0 Å². The molecule has 1 atom stereocenters. The number of β-amino-alcohol motifs (C(OH)–C–C–N with tert-alkyl or cyclic N) is 1. The third kappa shape index (κ3) is 2.33. The first kappa shape index (κ1) is 7.03. The van der Waals surface area contributed by atoms with E-state index in [1.807, 2.05) is 0 Å². The van der Waals surface area contributed by atoms with Crippen LogP contribution in [0.4, 0.5) is 0 Å². The second-order valence-corrected chi connectivity index (χ2v) is 2.91. The van der Waals surface area contributed by atoms with E-state index < -0.39 is 0 Å². The maximum Gasteiger partial charge on any atom is 0.0667 e. The van der Waals surface area contributed by atoms with E-state index in [-0.39, 0.29) is 6.10 Å². The summed E-state index contributed by atoms with van der Waals surface area (Å²) in [5, 5.41) is 9.22. The van der Waals surface area contributed by atoms with Gasteiger partial charge in [-0.05, 0) is 32.9 Å². The molecule has 0 aromatic heterocycles. The number of hydrogen-bond donors (Lipinski definition) is 1. The Morgan fingerprint density at radius 1 is 1.44 bits per heavy atom. The first-order chi connectivity index (χ1) is 4.29. The molecular formula is C7H15NO. The van der Waals surface area contributed by atoms with Crippen LogP contribution in [0, 0.1) is 0 Å². The summed E-state index contributed by atoms with van der Waals surface area (Å²) in [4.78, 5) is 2.19. The molecule has 1 rings (SSSR count). The zero-order chi connectivity index (χ0) is 6.69. The summed E-state index contributed by atoms with van der Waals surface area (Å²) in [7, 11) is 2.06. The molecule has 1 fully saturated rings. The van der Waals surface area contributed by atoms with Gasteiger partial charge in [-0.25, -0.2) is 0 Å². The lowest BCUT2D eigenvalue weighted by molar-refractivity contribution is 0.133. The maximum absolute atomic E-state index is 9.22. The van der Waals surface area contributed by atoms with E-state index >= 15 is 0 Å². The van der Waals surface area contributed by atoms with E-state index in [0.29, 0.717) is 0 Å². The highest BCUT2D eigenvalue weighted by Gasteiger charge is 2.11. The molecular weight excluding hydrogens is 114 g/mol. The molecule has 1 aliphatic rings. The van der Waals surface area contributed by atoms with Crippen molar-refractivity contribution in [3.63, 3.8) is 0 Å². The summed E-state index contributed by atoms with van der Waals surface area (Å²) in [6.07, 6.45) is 3.35. The molecule has 0 aromatic rings. The van der Waals surface area contributed by atoms with Gasteiger partial charge in [0, 0.05) is 6.54 Å². The fourth-order valence-corrected chi connectivity index (χ4v) is 1.30. The van der Waals surface area contributed by atoms with Crippen LogP contribution in [0.25, 0.3) is 0 Å². The van der Waals surface area contributed by atoms with Crippen molar-refractivity contribution < 1.29 is 5.11 Å². The second-order valence-electron chi connectivity index (χ2n) is 2.91. The van der Waals surface area contributed by atoms with Crippen LogP contribution < -0.4 is 0 Å². The average Bonchev–Trinajstić information content (AvgIpc) is 1.93. The monoisotopic (exact) mass is 129 g/mol. The molecule has 0 spiro atoms. The van der Waals surface area contributed by atoms with Crippen molar-refractivity contribution in [2.45, 2.75) is 25.4 Å². The molecule has 1 saturated heterocycles. The molecule has 0 amide bonds. The molecule has 1 aliphatic heterocycles. The van der Waals surface area contributed by atoms with Gasteiger partial charge in [-0.1, -0.05) is 0 Å². The molecule has 0 unspecified atom stereocenters. The van der Waals surface area contributed by atoms with Crippen molar-refractivity contribution in [2.24, 2.45) is 0 Å². The quantitative estimate of drug-likeness (QED) is 0.513. The van der Waals surface area contributed by atoms with Gasteiger partial charge in [-0.2, -0.15) is 0 Å². The van der Waals surface area contributed by atoms with Gasteiger partial charge in [0.15, 0.2) is 0 Å². The van der Waals surface area contributed by atoms with Gasteiger partial charge in [0.1, 0.15) is 0 Å². The minimum atomic E-state index is -0.0718. The second kappa shape index (κ2) is 3.18. The van der Waals surface area contributed by atoms with Crippen LogP contribution >= 0.6 is 0 Å². The number of hydrogen-bond acceptors (Lipinski definition) is 2. The van der Waals surface area contributed by atoms with Crippen LogP contribution in [0.3, 0.4) is 0 Å². The standard InChI is InChI=1S/C7H15NO/c1-8-5-3-2-4-7(9)6-8/h7,9H,2-6H2,1H3/t7-/m0/s1. The smallest absolute Gasteiger partial charge is 0.0667 e. The Labute approximate surface area is 56.5 Å². The predicted molar refractivity (Wildman–Crippen MR) is 37.4 cm³/mol. The Morgan fingerprint density at radius 3 is 3.00 bits per heavy atom. The third-order valence-corrected chi connectivity index (χ3v) is 1.85. The fourth-order valence-electron chi connectivity index (χ4n) is 1.30. The summed E-state index contributed by atoms with van der Waals surface area (Å²) in [5.41, 5.74) is 0. The summed E-state index contributed by atoms with van der Waals surface area (Å²) in [6, 6.07) is 0. The largest absolute Gasteiger partial charge is 0.392 e. The summed E-state index contributed by atoms with van der Waals surface area (Å²) in [5.74, 6) is 0. The zero-order valence-electron chi connectivity index (χ0n) is 6.01. The van der Waals surface area contributed by atoms with E-state index in [1.165, 1.54) is 12.8 Å². The molecule has 9 heavy (non-hydrogen) atoms. The highest BCUT2D eigenvalue weighted by Crippen LogP contribution is 2.07. The van der Waals surface area contributed by atoms with Crippen molar-refractivity contribution in [1.29, 1.82) is 0 Å². The highest BCUT2D eigenvalue weighted by atomic mass is 16.3. The Balaban J connectivity index is 2.29. The van der Waals surface area contributed by atoms with Gasteiger partial charge in [0.25, 0.3) is 0 Å². The normalized spacial score (nSPS) is 32.0. The molecule has 0 saturated carbocycles. The Morgan fingerprint density at radius 2 is 2.22 bits per heavy atom. The predicted octanol–water partition coefficient (Wildman–Crippen LogP) is 0.463. The molecule has 2 heteroatoms. The molecule has 54 valence electrons. The molecule has 0 bridgehead atoms. The van der Waals surface area contributed by atoms with E-state index in [2.05, 4.69) is 11.9 Å². The SMILES string of the molecule is CN1CCCC[C@H](O)C1. The molecule has 0 aromatic carbocycles. The Hall–Kier alpha value is -0.0800. The number of likely N-dealkylation sites (tertiary alicyclic amines) is 1. The molecule has 1 heterocycles. The Kier molecular flexibility index (Phi) is 2.49. The number of aliphatic hydroxyl groups is 1. The number of likely N-dealkylation sites (N-methyl/N-ethyl adjacent to an activating group) is 1. The van der Waals surface area contributed by atoms with Gasteiger partial charge in [0.05, 0.1) is 6.10 Å². The van der Waals surface area contributed by atoms with E-state index in [1.54, 1.807) is 0 Å². The minimum Gasteiger partial charge on any atom is -0.392 e. The number of nitrogens with zero attached hydrogens (tertiary/aromatic N) is 1. The zero-order valence-corrected chi connectivity index (χ0v) is 6.01. The van der Waals surface area contributed by atoms with E-state index in [9.17, 15) is 5.11 Å². The lowest BCUT2D eigenvalue weighted by atomic mass is 10.2. The van der Waals surface area contributed by atoms with Crippen LogP contribution in [0.2, 0.25) is 0 Å². The topological polar surface area (TPSA) is 23.5 Å². The van der Waals surface area contributed by atoms with Crippen molar-refractivity contribution >= 4 is 0 Å². The fraction of sp³-hybridized carbons (Fsp3) is 1.00. The minimum absolute atomic E-state index is 0.0718. The van der Waals surface area contributed by atoms with E-state index in [4.69, 9.17) is 0 Å². The van der Waals surface area contributed by atoms with Crippen LogP contribution in [0.15, 0.2) is 0 Å². The third-order valence-electron chi connectivity index (χ3n) is 1.85. The van der Waals surface area contributed by atoms with Gasteiger partial charge >= 0.3 is 0 Å². The van der Waals surface area contributed by atoms with Crippen LogP contribution in [-0.4, -0.2) is 36.2 Å². The van der Waals surface area contributed by atoms with Crippen LogP contribution in [0.1, 0.15) is 19.3 Å². The Bertz CT molecular complexity index is 75.0. The summed E-state index contributed by atoms with van der Waals surface area (Å²) < 4.78 is 0. The van der Waals surface area contributed by atoms with Gasteiger partial charge in [-0.3, -0.25) is 0 Å². The molecule has 0 aliphatic carbocycles. The average molecular weight is 129 g/mol. The summed E-state index contributed by atoms with van der Waals surface area (Å²) in [6.45, 7) is 2.01. The van der Waals surface area contributed by atoms with Crippen molar-refractivity contribution in [1.82, 2.24) is 4.90 Å². The maximum atomic E-state index is 9.22. The van der Waals surface area contributed by atoms with Gasteiger partial charge in [0.2, 0.25) is 0 Å². The molecule has 1 N–H and O–H groups in total. The molecule has 0 radical (unpaired) electrons. The van der Waals surface area contributed by atoms with E-state index in [0.717, 1.165) is 19.5 Å². The highest BCUT2D eigenvalue weighted by molar-refractivity contribution is 4.66. The summed E-state index contributed by atoms with van der Waals surface area (Å²) >= 11 is 0. The number of aliphatic hydroxyl groups excluding tert-OH is 1.